The van der Waals surface area contributed by atoms with Crippen LogP contribution in [-0.4, -0.2) is 21.0 Å². The summed E-state index contributed by atoms with van der Waals surface area (Å²) in [7, 11) is 0. The molecule has 0 aromatic carbocycles. The van der Waals surface area contributed by atoms with Gasteiger partial charge in [0.2, 0.25) is 0 Å². The van der Waals surface area contributed by atoms with Gasteiger partial charge in [0.1, 0.15) is 5.82 Å². The Kier molecular flexibility index (Phi) is 4.26. The molecule has 5 heteroatoms. The van der Waals surface area contributed by atoms with E-state index in [0.29, 0.717) is 6.04 Å². The minimum atomic E-state index is 0.532. The van der Waals surface area contributed by atoms with Gasteiger partial charge >= 0.3 is 0 Å². The molecule has 4 rings (SSSR count). The van der Waals surface area contributed by atoms with E-state index in [2.05, 4.69) is 49.4 Å². The van der Waals surface area contributed by atoms with Crippen molar-refractivity contribution in [3.63, 3.8) is 0 Å². The summed E-state index contributed by atoms with van der Waals surface area (Å²) in [5, 5.41) is 3.54. The number of halogens is 1. The van der Waals surface area contributed by atoms with Crippen LogP contribution in [-0.2, 0) is 0 Å². The van der Waals surface area contributed by atoms with Crippen LogP contribution in [0.25, 0.3) is 22.5 Å². The van der Waals surface area contributed by atoms with Crippen LogP contribution in [0, 0.1) is 0 Å². The second kappa shape index (κ2) is 6.69. The fraction of sp³-hybridized carbons (Fsp3) is 0.211. The Bertz CT molecular complexity index is 847. The van der Waals surface area contributed by atoms with Crippen LogP contribution in [0.5, 0.6) is 0 Å². The molecular formula is C19H17BrN4. The quantitative estimate of drug-likeness (QED) is 0.696. The maximum absolute atomic E-state index is 4.77. The molecule has 0 saturated heterocycles. The zero-order valence-electron chi connectivity index (χ0n) is 13.1. The topological polar surface area (TPSA) is 50.7 Å². The average molecular weight is 381 g/mol. The summed E-state index contributed by atoms with van der Waals surface area (Å²) in [6.45, 7) is 0. The normalized spacial score (nSPS) is 14.2. The summed E-state index contributed by atoms with van der Waals surface area (Å²) in [4.78, 5) is 13.5. The Labute approximate surface area is 149 Å². The van der Waals surface area contributed by atoms with Crippen LogP contribution >= 0.6 is 15.9 Å². The van der Waals surface area contributed by atoms with Crippen LogP contribution in [0.2, 0.25) is 0 Å². The molecule has 4 nitrogen and oxygen atoms in total. The van der Waals surface area contributed by atoms with E-state index in [4.69, 9.17) is 4.98 Å². The van der Waals surface area contributed by atoms with E-state index >= 15 is 0 Å². The Morgan fingerprint density at radius 2 is 1.92 bits per heavy atom. The van der Waals surface area contributed by atoms with E-state index in [0.717, 1.165) is 32.8 Å². The summed E-state index contributed by atoms with van der Waals surface area (Å²) < 4.78 is 0.963. The molecule has 0 aliphatic heterocycles. The molecule has 3 heterocycles. The van der Waals surface area contributed by atoms with Gasteiger partial charge in [0.25, 0.3) is 0 Å². The van der Waals surface area contributed by atoms with Crippen molar-refractivity contribution in [1.82, 2.24) is 15.0 Å². The molecule has 0 unspecified atom stereocenters. The highest BCUT2D eigenvalue weighted by Gasteiger charge is 2.18. The Morgan fingerprint density at radius 1 is 1.00 bits per heavy atom. The smallest absolute Gasteiger partial charge is 0.127 e. The van der Waals surface area contributed by atoms with Gasteiger partial charge < -0.3 is 5.32 Å². The summed E-state index contributed by atoms with van der Waals surface area (Å²) in [5.41, 5.74) is 3.88. The molecule has 1 saturated carbocycles. The third-order valence-electron chi connectivity index (χ3n) is 4.25. The summed E-state index contributed by atoms with van der Waals surface area (Å²) >= 11 is 3.50. The second-order valence-corrected chi connectivity index (χ2v) is 6.92. The van der Waals surface area contributed by atoms with Crippen molar-refractivity contribution >= 4 is 21.7 Å². The van der Waals surface area contributed by atoms with Crippen molar-refractivity contribution in [1.29, 1.82) is 0 Å². The van der Waals surface area contributed by atoms with Crippen molar-refractivity contribution in [3.8, 4) is 22.5 Å². The van der Waals surface area contributed by atoms with E-state index in [-0.39, 0.29) is 0 Å². The number of nitrogens with one attached hydrogen (secondary N) is 1. The Balaban J connectivity index is 1.78. The molecule has 3 aromatic rings. The first kappa shape index (κ1) is 15.3. The van der Waals surface area contributed by atoms with Crippen LogP contribution in [0.4, 0.5) is 5.82 Å². The first-order valence-electron chi connectivity index (χ1n) is 8.09. The Morgan fingerprint density at radius 3 is 2.62 bits per heavy atom. The summed E-state index contributed by atoms with van der Waals surface area (Å²) in [6.07, 6.45) is 9.17. The lowest BCUT2D eigenvalue weighted by Crippen LogP contribution is -2.27. The number of aromatic nitrogens is 3. The SMILES string of the molecule is Brc1cncc(-c2cc(NC3CCC3)nc(-c3ccccn3)c2)c1. The first-order chi connectivity index (χ1) is 11.8. The molecule has 1 aliphatic carbocycles. The molecule has 0 spiro atoms. The minimum absolute atomic E-state index is 0.532. The summed E-state index contributed by atoms with van der Waals surface area (Å²) in [5.74, 6) is 0.901. The van der Waals surface area contributed by atoms with Gasteiger partial charge in [-0.3, -0.25) is 9.97 Å². The monoisotopic (exact) mass is 380 g/mol. The highest BCUT2D eigenvalue weighted by Crippen LogP contribution is 2.30. The van der Waals surface area contributed by atoms with Gasteiger partial charge in [-0.05, 0) is 71.1 Å². The maximum atomic E-state index is 4.77. The van der Waals surface area contributed by atoms with Crippen molar-refractivity contribution in [2.45, 2.75) is 25.3 Å². The standard InChI is InChI=1S/C19H17BrN4/c20-15-8-14(11-21-12-15)13-9-18(17-6-1-2-7-22-17)24-19(10-13)23-16-4-3-5-16/h1-2,6-12,16H,3-5H2,(H,23,24). The van der Waals surface area contributed by atoms with Gasteiger partial charge in [-0.2, -0.15) is 0 Å². The summed E-state index contributed by atoms with van der Waals surface area (Å²) in [6, 6.07) is 12.6. The van der Waals surface area contributed by atoms with Crippen LogP contribution in [0.15, 0.2) is 59.5 Å². The van der Waals surface area contributed by atoms with Crippen molar-refractivity contribution in [2.75, 3.05) is 5.32 Å². The van der Waals surface area contributed by atoms with Crippen molar-refractivity contribution < 1.29 is 0 Å². The molecular weight excluding hydrogens is 364 g/mol. The number of pyridine rings is 3. The van der Waals surface area contributed by atoms with Crippen LogP contribution in [0.1, 0.15) is 19.3 Å². The highest BCUT2D eigenvalue weighted by molar-refractivity contribution is 9.10. The predicted octanol–water partition coefficient (Wildman–Crippen LogP) is 4.93. The van der Waals surface area contributed by atoms with E-state index < -0.39 is 0 Å². The molecule has 0 radical (unpaired) electrons. The largest absolute Gasteiger partial charge is 0.367 e. The fourth-order valence-corrected chi connectivity index (χ4v) is 3.11. The maximum Gasteiger partial charge on any atom is 0.127 e. The number of hydrogen-bond acceptors (Lipinski definition) is 4. The lowest BCUT2D eigenvalue weighted by molar-refractivity contribution is 0.444. The predicted molar refractivity (Wildman–Crippen MR) is 99.7 cm³/mol. The molecule has 24 heavy (non-hydrogen) atoms. The van der Waals surface area contributed by atoms with Gasteiger partial charge in [-0.1, -0.05) is 6.07 Å². The van der Waals surface area contributed by atoms with Gasteiger partial charge in [-0.25, -0.2) is 4.98 Å². The molecule has 3 aromatic heterocycles. The molecule has 0 amide bonds. The van der Waals surface area contributed by atoms with E-state index in [1.54, 1.807) is 12.4 Å². The fourth-order valence-electron chi connectivity index (χ4n) is 2.75. The number of anilines is 1. The highest BCUT2D eigenvalue weighted by atomic mass is 79.9. The Hall–Kier alpha value is -2.27. The molecule has 1 aliphatic rings. The molecule has 0 atom stereocenters. The van der Waals surface area contributed by atoms with Gasteiger partial charge in [0, 0.05) is 34.7 Å². The lowest BCUT2D eigenvalue weighted by Gasteiger charge is -2.27. The second-order valence-electron chi connectivity index (χ2n) is 6.01. The van der Waals surface area contributed by atoms with Crippen LogP contribution < -0.4 is 5.32 Å². The van der Waals surface area contributed by atoms with Crippen LogP contribution in [0.3, 0.4) is 0 Å². The minimum Gasteiger partial charge on any atom is -0.367 e. The van der Waals surface area contributed by atoms with Gasteiger partial charge in [-0.15, -0.1) is 0 Å². The van der Waals surface area contributed by atoms with Gasteiger partial charge in [0.15, 0.2) is 0 Å². The molecule has 1 fully saturated rings. The van der Waals surface area contributed by atoms with E-state index in [9.17, 15) is 0 Å². The van der Waals surface area contributed by atoms with E-state index in [1.165, 1.54) is 19.3 Å². The molecule has 1 N–H and O–H groups in total. The first-order valence-corrected chi connectivity index (χ1v) is 8.88. The van der Waals surface area contributed by atoms with Crippen molar-refractivity contribution in [2.24, 2.45) is 0 Å². The molecule has 120 valence electrons. The van der Waals surface area contributed by atoms with Gasteiger partial charge in [0.05, 0.1) is 11.4 Å². The molecule has 0 bridgehead atoms. The lowest BCUT2D eigenvalue weighted by atomic mass is 9.93. The third-order valence-corrected chi connectivity index (χ3v) is 4.68. The number of nitrogens with zero attached hydrogens (tertiary/aromatic N) is 3. The van der Waals surface area contributed by atoms with Crippen molar-refractivity contribution in [3.05, 3.63) is 59.5 Å². The number of rotatable bonds is 4. The zero-order valence-corrected chi connectivity index (χ0v) is 14.7. The zero-order chi connectivity index (χ0) is 16.4. The van der Waals surface area contributed by atoms with E-state index in [1.807, 2.05) is 24.4 Å². The number of hydrogen-bond donors (Lipinski definition) is 1. The third kappa shape index (κ3) is 3.31. The average Bonchev–Trinajstić information content (AvgIpc) is 2.59.